The van der Waals surface area contributed by atoms with Crippen molar-refractivity contribution in [3.8, 4) is 11.5 Å². The molecule has 3 rings (SSSR count). The Bertz CT molecular complexity index is 762. The second-order valence-corrected chi connectivity index (χ2v) is 5.09. The van der Waals surface area contributed by atoms with Gasteiger partial charge in [0.1, 0.15) is 17.4 Å². The molecular weight excluding hydrogens is 288 g/mol. The van der Waals surface area contributed by atoms with Crippen molar-refractivity contribution >= 4 is 11.9 Å². The number of nitrogens with one attached hydrogen (secondary N) is 1. The highest BCUT2D eigenvalue weighted by Crippen LogP contribution is 2.20. The number of likely N-dealkylation sites (tertiary alicyclic amines) is 1. The minimum atomic E-state index is -1.05. The summed E-state index contributed by atoms with van der Waals surface area (Å²) in [5, 5.41) is 9.13. The van der Waals surface area contributed by atoms with Gasteiger partial charge in [0.25, 0.3) is 11.5 Å². The van der Waals surface area contributed by atoms with E-state index in [1.807, 2.05) is 0 Å². The molecule has 0 saturated carbocycles. The fourth-order valence-electron chi connectivity index (χ4n) is 2.64. The number of carbonyl (C=O) groups is 2. The van der Waals surface area contributed by atoms with E-state index < -0.39 is 23.5 Å². The molecule has 1 saturated heterocycles. The molecule has 0 bridgehead atoms. The molecule has 0 aromatic carbocycles. The van der Waals surface area contributed by atoms with Crippen molar-refractivity contribution in [2.45, 2.75) is 18.9 Å². The van der Waals surface area contributed by atoms with Crippen LogP contribution < -0.4 is 5.56 Å². The molecule has 1 unspecified atom stereocenters. The zero-order valence-corrected chi connectivity index (χ0v) is 11.6. The largest absolute Gasteiger partial charge is 0.480 e. The van der Waals surface area contributed by atoms with Gasteiger partial charge in [0, 0.05) is 6.54 Å². The third-order valence-electron chi connectivity index (χ3n) is 3.73. The van der Waals surface area contributed by atoms with E-state index in [0.29, 0.717) is 30.8 Å². The molecule has 1 fully saturated rings. The van der Waals surface area contributed by atoms with Gasteiger partial charge in [-0.25, -0.2) is 4.79 Å². The maximum Gasteiger partial charge on any atom is 0.326 e. The molecule has 1 atom stereocenters. The minimum Gasteiger partial charge on any atom is -0.480 e. The Hall–Kier alpha value is -2.83. The Labute approximate surface area is 125 Å². The SMILES string of the molecule is O=C(O)C1CCCN1C(=O)c1ccc(-c2ccco2)[nH]c1=O. The average Bonchev–Trinajstić information content (AvgIpc) is 3.17. The van der Waals surface area contributed by atoms with Crippen LogP contribution >= 0.6 is 0 Å². The maximum absolute atomic E-state index is 12.4. The van der Waals surface area contributed by atoms with E-state index in [1.54, 1.807) is 18.2 Å². The number of carboxylic acids is 1. The van der Waals surface area contributed by atoms with Crippen LogP contribution in [0, 0.1) is 0 Å². The van der Waals surface area contributed by atoms with Gasteiger partial charge in [0.2, 0.25) is 0 Å². The third-order valence-corrected chi connectivity index (χ3v) is 3.73. The van der Waals surface area contributed by atoms with Crippen molar-refractivity contribution < 1.29 is 19.1 Å². The number of nitrogens with zero attached hydrogens (tertiary/aromatic N) is 1. The number of carbonyl (C=O) groups excluding carboxylic acids is 1. The van der Waals surface area contributed by atoms with Gasteiger partial charge >= 0.3 is 5.97 Å². The lowest BCUT2D eigenvalue weighted by molar-refractivity contribution is -0.141. The molecule has 1 aliphatic rings. The second kappa shape index (κ2) is 5.51. The summed E-state index contributed by atoms with van der Waals surface area (Å²) in [5.74, 6) is -1.12. The highest BCUT2D eigenvalue weighted by molar-refractivity contribution is 5.96. The summed E-state index contributed by atoms with van der Waals surface area (Å²) in [6.07, 6.45) is 2.50. The zero-order chi connectivity index (χ0) is 15.7. The number of amides is 1. The first-order chi connectivity index (χ1) is 10.6. The Morgan fingerprint density at radius 2 is 2.14 bits per heavy atom. The lowest BCUT2D eigenvalue weighted by Crippen LogP contribution is -2.42. The first-order valence-corrected chi connectivity index (χ1v) is 6.89. The fraction of sp³-hybridized carbons (Fsp3) is 0.267. The van der Waals surface area contributed by atoms with Crippen molar-refractivity contribution in [2.75, 3.05) is 6.54 Å². The van der Waals surface area contributed by atoms with Crippen molar-refractivity contribution in [1.29, 1.82) is 0 Å². The van der Waals surface area contributed by atoms with E-state index in [0.717, 1.165) is 0 Å². The first kappa shape index (κ1) is 14.1. The third kappa shape index (κ3) is 2.41. The molecule has 1 amide bonds. The number of rotatable bonds is 3. The Balaban J connectivity index is 1.90. The number of carboxylic acid groups (broad SMARTS) is 1. The molecule has 0 aliphatic carbocycles. The molecule has 2 aromatic heterocycles. The van der Waals surface area contributed by atoms with Gasteiger partial charge in [-0.05, 0) is 37.1 Å². The molecule has 7 nitrogen and oxygen atoms in total. The quantitative estimate of drug-likeness (QED) is 0.890. The highest BCUT2D eigenvalue weighted by Gasteiger charge is 2.35. The number of hydrogen-bond donors (Lipinski definition) is 2. The summed E-state index contributed by atoms with van der Waals surface area (Å²) in [5.41, 5.74) is -0.166. The summed E-state index contributed by atoms with van der Waals surface area (Å²) in [7, 11) is 0. The molecule has 0 radical (unpaired) electrons. The van der Waals surface area contributed by atoms with Gasteiger partial charge in [-0.15, -0.1) is 0 Å². The van der Waals surface area contributed by atoms with Crippen LogP contribution in [0.15, 0.2) is 39.7 Å². The van der Waals surface area contributed by atoms with Crippen LogP contribution in [0.2, 0.25) is 0 Å². The number of pyridine rings is 1. The molecule has 7 heteroatoms. The number of aromatic amines is 1. The molecule has 22 heavy (non-hydrogen) atoms. The summed E-state index contributed by atoms with van der Waals surface area (Å²) >= 11 is 0. The van der Waals surface area contributed by atoms with Crippen LogP contribution in [0.5, 0.6) is 0 Å². The molecule has 2 aromatic rings. The topological polar surface area (TPSA) is 104 Å². The van der Waals surface area contributed by atoms with Crippen LogP contribution in [0.4, 0.5) is 0 Å². The Morgan fingerprint density at radius 3 is 2.77 bits per heavy atom. The number of furan rings is 1. The standard InChI is InChI=1S/C15H14N2O5/c18-13-9(5-6-10(16-13)12-4-2-8-22-12)14(19)17-7-1-3-11(17)15(20)21/h2,4-6,8,11H,1,3,7H2,(H,16,18)(H,20,21). The van der Waals surface area contributed by atoms with Gasteiger partial charge in [0.05, 0.1) is 12.0 Å². The number of aromatic nitrogens is 1. The van der Waals surface area contributed by atoms with Crippen LogP contribution in [-0.4, -0.2) is 39.5 Å². The lowest BCUT2D eigenvalue weighted by Gasteiger charge is -2.21. The van der Waals surface area contributed by atoms with Gasteiger partial charge in [-0.3, -0.25) is 9.59 Å². The van der Waals surface area contributed by atoms with Crippen molar-refractivity contribution in [3.05, 3.63) is 46.4 Å². The number of aliphatic carboxylic acids is 1. The lowest BCUT2D eigenvalue weighted by atomic mass is 10.2. The fourth-order valence-corrected chi connectivity index (χ4v) is 2.64. The van der Waals surface area contributed by atoms with Crippen LogP contribution in [-0.2, 0) is 4.79 Å². The summed E-state index contributed by atoms with van der Waals surface area (Å²) in [6, 6.07) is 5.48. The zero-order valence-electron chi connectivity index (χ0n) is 11.6. The van der Waals surface area contributed by atoms with Crippen LogP contribution in [0.1, 0.15) is 23.2 Å². The Kier molecular flexibility index (Phi) is 3.54. The van der Waals surface area contributed by atoms with Gasteiger partial charge < -0.3 is 19.4 Å². The first-order valence-electron chi connectivity index (χ1n) is 6.89. The van der Waals surface area contributed by atoms with Crippen molar-refractivity contribution in [1.82, 2.24) is 9.88 Å². The van der Waals surface area contributed by atoms with Crippen molar-refractivity contribution in [3.63, 3.8) is 0 Å². The Morgan fingerprint density at radius 1 is 1.32 bits per heavy atom. The molecular formula is C15H14N2O5. The van der Waals surface area contributed by atoms with E-state index in [4.69, 9.17) is 9.52 Å². The predicted octanol–water partition coefficient (Wildman–Crippen LogP) is 1.32. The van der Waals surface area contributed by atoms with Gasteiger partial charge in [-0.2, -0.15) is 0 Å². The van der Waals surface area contributed by atoms with E-state index in [9.17, 15) is 14.4 Å². The smallest absolute Gasteiger partial charge is 0.326 e. The average molecular weight is 302 g/mol. The molecule has 2 N–H and O–H groups in total. The molecule has 0 spiro atoms. The van der Waals surface area contributed by atoms with E-state index >= 15 is 0 Å². The number of hydrogen-bond acceptors (Lipinski definition) is 4. The maximum atomic E-state index is 12.4. The van der Waals surface area contributed by atoms with Gasteiger partial charge in [0.15, 0.2) is 0 Å². The van der Waals surface area contributed by atoms with Crippen molar-refractivity contribution in [2.24, 2.45) is 0 Å². The van der Waals surface area contributed by atoms with E-state index in [1.165, 1.54) is 17.2 Å². The summed E-state index contributed by atoms with van der Waals surface area (Å²) in [4.78, 5) is 39.5. The minimum absolute atomic E-state index is 0.0662. The van der Waals surface area contributed by atoms with E-state index in [2.05, 4.69) is 4.98 Å². The van der Waals surface area contributed by atoms with E-state index in [-0.39, 0.29) is 5.56 Å². The summed E-state index contributed by atoms with van der Waals surface area (Å²) < 4.78 is 5.18. The second-order valence-electron chi connectivity index (χ2n) is 5.09. The predicted molar refractivity (Wildman–Crippen MR) is 76.5 cm³/mol. The van der Waals surface area contributed by atoms with Gasteiger partial charge in [-0.1, -0.05) is 0 Å². The highest BCUT2D eigenvalue weighted by atomic mass is 16.4. The molecule has 1 aliphatic heterocycles. The monoisotopic (exact) mass is 302 g/mol. The van der Waals surface area contributed by atoms with Crippen LogP contribution in [0.25, 0.3) is 11.5 Å². The van der Waals surface area contributed by atoms with Crippen LogP contribution in [0.3, 0.4) is 0 Å². The number of H-pyrrole nitrogens is 1. The molecule has 114 valence electrons. The normalized spacial score (nSPS) is 17.6. The summed E-state index contributed by atoms with van der Waals surface area (Å²) in [6.45, 7) is 0.342. The molecule has 3 heterocycles.